The second kappa shape index (κ2) is 6.98. The number of rotatable bonds is 5. The quantitative estimate of drug-likeness (QED) is 0.737. The number of para-hydroxylation sites is 1. The molecule has 4 heteroatoms. The molecule has 0 heterocycles. The second-order valence-electron chi connectivity index (χ2n) is 5.31. The van der Waals surface area contributed by atoms with Crippen molar-refractivity contribution in [2.45, 2.75) is 6.10 Å². The highest BCUT2D eigenvalue weighted by Crippen LogP contribution is 2.26. The lowest BCUT2D eigenvalue weighted by Gasteiger charge is -2.13. The Balaban J connectivity index is 1.73. The lowest BCUT2D eigenvalue weighted by molar-refractivity contribution is 0.0696. The molecule has 4 nitrogen and oxygen atoms in total. The van der Waals surface area contributed by atoms with Crippen molar-refractivity contribution in [1.82, 2.24) is 0 Å². The molecule has 0 spiro atoms. The van der Waals surface area contributed by atoms with Crippen molar-refractivity contribution in [2.24, 2.45) is 0 Å². The molecule has 0 fully saturated rings. The van der Waals surface area contributed by atoms with Crippen LogP contribution in [0.1, 0.15) is 27.6 Å². The molecule has 0 saturated heterocycles. The molecule has 0 radical (unpaired) electrons. The molecule has 0 bridgehead atoms. The monoisotopic (exact) mass is 320 g/mol. The molecular formula is C20H16O4. The lowest BCUT2D eigenvalue weighted by atomic mass is 10.0. The first-order chi connectivity index (χ1) is 11.6. The minimum Gasteiger partial charge on any atom is -0.478 e. The minimum absolute atomic E-state index is 0.192. The van der Waals surface area contributed by atoms with Gasteiger partial charge in [0, 0.05) is 0 Å². The minimum atomic E-state index is -0.988. The Bertz CT molecular complexity index is 809. The normalized spacial score (nSPS) is 11.7. The summed E-state index contributed by atoms with van der Waals surface area (Å²) in [6.07, 6.45) is -0.821. The molecule has 0 unspecified atom stereocenters. The van der Waals surface area contributed by atoms with Gasteiger partial charge in [-0.05, 0) is 47.5 Å². The fourth-order valence-electron chi connectivity index (χ4n) is 2.34. The standard InChI is InChI=1S/C20H16O4/c21-19(14-6-8-16(9-7-14)20(22)23)15-10-12-18(13-11-15)24-17-4-2-1-3-5-17/h1-13,19,21H,(H,22,23)/t19-/m1/s1. The number of carbonyl (C=O) groups is 1. The SMILES string of the molecule is O=C(O)c1ccc([C@@H](O)c2ccc(Oc3ccccc3)cc2)cc1. The van der Waals surface area contributed by atoms with Crippen LogP contribution in [0.2, 0.25) is 0 Å². The number of aliphatic hydroxyl groups excluding tert-OH is 1. The predicted molar refractivity (Wildman–Crippen MR) is 90.4 cm³/mol. The number of carboxylic acid groups (broad SMARTS) is 1. The van der Waals surface area contributed by atoms with E-state index in [2.05, 4.69) is 0 Å². The molecule has 1 atom stereocenters. The van der Waals surface area contributed by atoms with Crippen LogP contribution in [-0.2, 0) is 0 Å². The average Bonchev–Trinajstić information content (AvgIpc) is 2.63. The summed E-state index contributed by atoms with van der Waals surface area (Å²) in [5.41, 5.74) is 1.53. The Morgan fingerprint density at radius 2 is 1.25 bits per heavy atom. The summed E-state index contributed by atoms with van der Waals surface area (Å²) in [5, 5.41) is 19.3. The fraction of sp³-hybridized carbons (Fsp3) is 0.0500. The number of ether oxygens (including phenoxy) is 1. The zero-order valence-electron chi connectivity index (χ0n) is 12.8. The molecule has 0 amide bonds. The van der Waals surface area contributed by atoms with E-state index in [1.54, 1.807) is 36.4 Å². The second-order valence-corrected chi connectivity index (χ2v) is 5.31. The molecule has 2 N–H and O–H groups in total. The van der Waals surface area contributed by atoms with Gasteiger partial charge in [-0.2, -0.15) is 0 Å². The first-order valence-electron chi connectivity index (χ1n) is 7.47. The highest BCUT2D eigenvalue weighted by Gasteiger charge is 2.11. The van der Waals surface area contributed by atoms with Gasteiger partial charge in [0.15, 0.2) is 0 Å². The van der Waals surface area contributed by atoms with Gasteiger partial charge in [0.25, 0.3) is 0 Å². The molecule has 3 aromatic rings. The van der Waals surface area contributed by atoms with Crippen LogP contribution >= 0.6 is 0 Å². The summed E-state index contributed by atoms with van der Waals surface area (Å²) in [7, 11) is 0. The van der Waals surface area contributed by atoms with E-state index in [1.165, 1.54) is 12.1 Å². The summed E-state index contributed by atoms with van der Waals surface area (Å²) >= 11 is 0. The molecule has 0 aliphatic carbocycles. The largest absolute Gasteiger partial charge is 0.478 e. The third-order valence-corrected chi connectivity index (χ3v) is 3.65. The van der Waals surface area contributed by atoms with Crippen LogP contribution in [0, 0.1) is 0 Å². The molecule has 3 rings (SSSR count). The van der Waals surface area contributed by atoms with E-state index in [0.29, 0.717) is 16.9 Å². The van der Waals surface area contributed by atoms with Gasteiger partial charge >= 0.3 is 5.97 Å². The van der Waals surface area contributed by atoms with Crippen molar-refractivity contribution >= 4 is 5.97 Å². The Hall–Kier alpha value is -3.11. The van der Waals surface area contributed by atoms with Crippen LogP contribution in [0.4, 0.5) is 0 Å². The maximum atomic E-state index is 10.9. The average molecular weight is 320 g/mol. The van der Waals surface area contributed by atoms with Crippen molar-refractivity contribution in [3.63, 3.8) is 0 Å². The molecule has 0 aromatic heterocycles. The first kappa shape index (κ1) is 15.8. The van der Waals surface area contributed by atoms with Gasteiger partial charge in [0.05, 0.1) is 5.56 Å². The number of aromatic carboxylic acids is 1. The van der Waals surface area contributed by atoms with E-state index >= 15 is 0 Å². The van der Waals surface area contributed by atoms with E-state index in [1.807, 2.05) is 30.3 Å². The van der Waals surface area contributed by atoms with E-state index in [-0.39, 0.29) is 5.56 Å². The maximum Gasteiger partial charge on any atom is 0.335 e. The van der Waals surface area contributed by atoms with Gasteiger partial charge in [-0.3, -0.25) is 0 Å². The summed E-state index contributed by atoms with van der Waals surface area (Å²) in [5.74, 6) is 0.437. The van der Waals surface area contributed by atoms with Gasteiger partial charge in [-0.15, -0.1) is 0 Å². The maximum absolute atomic E-state index is 10.9. The van der Waals surface area contributed by atoms with Crippen LogP contribution in [0.3, 0.4) is 0 Å². The van der Waals surface area contributed by atoms with Gasteiger partial charge in [-0.1, -0.05) is 42.5 Å². The van der Waals surface area contributed by atoms with E-state index in [9.17, 15) is 9.90 Å². The zero-order chi connectivity index (χ0) is 16.9. The van der Waals surface area contributed by atoms with Crippen LogP contribution in [0.5, 0.6) is 11.5 Å². The Morgan fingerprint density at radius 1 is 0.750 bits per heavy atom. The van der Waals surface area contributed by atoms with Gasteiger partial charge < -0.3 is 14.9 Å². The highest BCUT2D eigenvalue weighted by molar-refractivity contribution is 5.87. The molecule has 120 valence electrons. The van der Waals surface area contributed by atoms with Crippen LogP contribution in [0.25, 0.3) is 0 Å². The molecule has 0 aliphatic rings. The van der Waals surface area contributed by atoms with Gasteiger partial charge in [0.2, 0.25) is 0 Å². The van der Waals surface area contributed by atoms with Crippen molar-refractivity contribution in [3.8, 4) is 11.5 Å². The molecular weight excluding hydrogens is 304 g/mol. The summed E-state index contributed by atoms with van der Waals surface area (Å²) in [4.78, 5) is 10.9. The van der Waals surface area contributed by atoms with Crippen LogP contribution in [0.15, 0.2) is 78.9 Å². The topological polar surface area (TPSA) is 66.8 Å². The smallest absolute Gasteiger partial charge is 0.335 e. The number of hydrogen-bond acceptors (Lipinski definition) is 3. The number of aliphatic hydroxyl groups is 1. The zero-order valence-corrected chi connectivity index (χ0v) is 12.8. The summed E-state index contributed by atoms with van der Waals surface area (Å²) < 4.78 is 5.71. The van der Waals surface area contributed by atoms with Crippen molar-refractivity contribution in [1.29, 1.82) is 0 Å². The summed E-state index contributed by atoms with van der Waals surface area (Å²) in [6.45, 7) is 0. The van der Waals surface area contributed by atoms with Gasteiger partial charge in [-0.25, -0.2) is 4.79 Å². The summed E-state index contributed by atoms with van der Waals surface area (Å²) in [6, 6.07) is 22.8. The van der Waals surface area contributed by atoms with E-state index < -0.39 is 12.1 Å². The molecule has 24 heavy (non-hydrogen) atoms. The van der Waals surface area contributed by atoms with Crippen LogP contribution in [-0.4, -0.2) is 16.2 Å². The lowest BCUT2D eigenvalue weighted by Crippen LogP contribution is -2.01. The Morgan fingerprint density at radius 3 is 1.79 bits per heavy atom. The van der Waals surface area contributed by atoms with Crippen molar-refractivity contribution in [3.05, 3.63) is 95.6 Å². The number of benzene rings is 3. The molecule has 0 saturated carbocycles. The third-order valence-electron chi connectivity index (χ3n) is 3.65. The van der Waals surface area contributed by atoms with Crippen molar-refractivity contribution in [2.75, 3.05) is 0 Å². The predicted octanol–water partition coefficient (Wildman–Crippen LogP) is 4.26. The Labute approximate surface area is 139 Å². The first-order valence-corrected chi connectivity index (χ1v) is 7.47. The molecule has 3 aromatic carbocycles. The third kappa shape index (κ3) is 3.62. The highest BCUT2D eigenvalue weighted by atomic mass is 16.5. The Kier molecular flexibility index (Phi) is 4.59. The van der Waals surface area contributed by atoms with E-state index in [0.717, 1.165) is 5.75 Å². The fourth-order valence-corrected chi connectivity index (χ4v) is 2.34. The van der Waals surface area contributed by atoms with E-state index in [4.69, 9.17) is 9.84 Å². The molecule has 0 aliphatic heterocycles. The van der Waals surface area contributed by atoms with Crippen LogP contribution < -0.4 is 4.74 Å². The van der Waals surface area contributed by atoms with Gasteiger partial charge in [0.1, 0.15) is 17.6 Å². The van der Waals surface area contributed by atoms with Crippen molar-refractivity contribution < 1.29 is 19.7 Å². The number of hydrogen-bond donors (Lipinski definition) is 2. The number of carboxylic acids is 1.